The van der Waals surface area contributed by atoms with Crippen LogP contribution in [-0.2, 0) is 20.8 Å². The summed E-state index contributed by atoms with van der Waals surface area (Å²) in [5.74, 6) is 0.751. The van der Waals surface area contributed by atoms with E-state index < -0.39 is 49.1 Å². The molecule has 12 heteroatoms. The number of benzene rings is 3. The molecule has 0 radical (unpaired) electrons. The van der Waals surface area contributed by atoms with E-state index in [0.29, 0.717) is 49.4 Å². The van der Waals surface area contributed by atoms with Gasteiger partial charge in [-0.15, -0.1) is 0 Å². The number of ether oxygens (including phenoxy) is 7. The summed E-state index contributed by atoms with van der Waals surface area (Å²) in [6.07, 6.45) is 32.2. The van der Waals surface area contributed by atoms with Gasteiger partial charge in [0.15, 0.2) is 35.4 Å². The highest BCUT2D eigenvalue weighted by Crippen LogP contribution is 2.33. The Bertz CT molecular complexity index is 2000. The normalized spacial score (nSPS) is 17.1. The van der Waals surface area contributed by atoms with Crippen molar-refractivity contribution in [3.63, 3.8) is 0 Å². The fourth-order valence-corrected chi connectivity index (χ4v) is 10.1. The number of carbonyl (C=O) groups is 2. The van der Waals surface area contributed by atoms with E-state index in [4.69, 9.17) is 33.2 Å². The number of amides is 1. The third-order valence-corrected chi connectivity index (χ3v) is 15.1. The number of rotatable bonds is 48. The third kappa shape index (κ3) is 27.8. The number of carbonyl (C=O) groups excluding carboxylic acids is 2. The van der Waals surface area contributed by atoms with Crippen molar-refractivity contribution >= 4 is 11.9 Å². The molecule has 3 aromatic carbocycles. The van der Waals surface area contributed by atoms with Crippen molar-refractivity contribution in [2.75, 3.05) is 33.0 Å². The molecular formula is C67H107NO11. The smallest absolute Gasteiger partial charge is 0.338 e. The Morgan fingerprint density at radius 1 is 0.481 bits per heavy atom. The van der Waals surface area contributed by atoms with E-state index in [2.05, 4.69) is 33.0 Å². The van der Waals surface area contributed by atoms with Crippen molar-refractivity contribution in [3.8, 4) is 23.0 Å². The summed E-state index contributed by atoms with van der Waals surface area (Å²) in [5.41, 5.74) is 1.29. The molecule has 0 aromatic heterocycles. The van der Waals surface area contributed by atoms with Gasteiger partial charge in [-0.3, -0.25) is 4.79 Å². The van der Waals surface area contributed by atoms with Crippen LogP contribution >= 0.6 is 0 Å². The van der Waals surface area contributed by atoms with E-state index in [1.165, 1.54) is 141 Å². The van der Waals surface area contributed by atoms with Crippen LogP contribution in [0.4, 0.5) is 0 Å². The summed E-state index contributed by atoms with van der Waals surface area (Å²) < 4.78 is 44.2. The van der Waals surface area contributed by atoms with Crippen LogP contribution in [0.15, 0.2) is 66.7 Å². The standard InChI is InChI=1S/C67H107NO11/c1-5-9-13-17-21-25-29-36-46-73-57-44-42-55(50-59(57)75-48-38-31-27-23-19-15-11-7-3)65(71)68-62-64(63(70)61(52-69)78-67(62)77-53-54-40-34-33-35-41-54)79-66(72)56-43-45-58(74-47-37-30-26-22-18-14-10-6-2)60(51-56)76-49-39-32-28-24-20-16-12-8-4/h33-35,40-45,50-51,61-64,67,69-70H,5-32,36-39,46-49,52-53H2,1-4H3,(H,68,71)/t61-,62-,63-,64-,67-/m1/s1. The molecule has 0 aliphatic carbocycles. The van der Waals surface area contributed by atoms with E-state index >= 15 is 0 Å². The summed E-state index contributed by atoms with van der Waals surface area (Å²) in [7, 11) is 0. The molecule has 0 bridgehead atoms. The lowest BCUT2D eigenvalue weighted by Gasteiger charge is -2.43. The van der Waals surface area contributed by atoms with Crippen molar-refractivity contribution in [2.24, 2.45) is 0 Å². The van der Waals surface area contributed by atoms with Crippen LogP contribution in [0.1, 0.15) is 259 Å². The minimum Gasteiger partial charge on any atom is -0.490 e. The van der Waals surface area contributed by atoms with E-state index in [1.54, 1.807) is 36.4 Å². The highest BCUT2D eigenvalue weighted by Gasteiger charge is 2.49. The number of aliphatic hydroxyl groups excluding tert-OH is 2. The monoisotopic (exact) mass is 1100 g/mol. The third-order valence-electron chi connectivity index (χ3n) is 15.1. The van der Waals surface area contributed by atoms with Crippen LogP contribution in [0.3, 0.4) is 0 Å². The number of esters is 1. The number of aliphatic hydroxyl groups is 2. The SMILES string of the molecule is CCCCCCCCCCOc1ccc(C(=O)N[C@H]2[C@H](OCc3ccccc3)O[C@H](CO)[C@@H](O)[C@@H]2OC(=O)c2ccc(OCCCCCCCCCC)c(OCCCCCCCCCC)c2)cc1OCCCCCCCCCC. The second kappa shape index (κ2) is 43.4. The van der Waals surface area contributed by atoms with Crippen LogP contribution in [0.2, 0.25) is 0 Å². The summed E-state index contributed by atoms with van der Waals surface area (Å²) in [6, 6.07) is 18.4. The molecule has 1 aliphatic rings. The zero-order valence-electron chi connectivity index (χ0n) is 49.7. The van der Waals surface area contributed by atoms with Gasteiger partial charge in [0, 0.05) is 5.56 Å². The molecular weight excluding hydrogens is 995 g/mol. The van der Waals surface area contributed by atoms with Crippen LogP contribution in [0.5, 0.6) is 23.0 Å². The molecule has 1 fully saturated rings. The topological polar surface area (TPSA) is 151 Å². The Morgan fingerprint density at radius 3 is 1.28 bits per heavy atom. The molecule has 446 valence electrons. The van der Waals surface area contributed by atoms with E-state index in [-0.39, 0.29) is 17.7 Å². The molecule has 0 spiro atoms. The number of unbranched alkanes of at least 4 members (excludes halogenated alkanes) is 28. The fraction of sp³-hybridized carbons (Fsp3) is 0.701. The molecule has 79 heavy (non-hydrogen) atoms. The largest absolute Gasteiger partial charge is 0.490 e. The van der Waals surface area contributed by atoms with Gasteiger partial charge in [-0.25, -0.2) is 4.79 Å². The minimum atomic E-state index is -1.54. The first-order chi connectivity index (χ1) is 38.8. The van der Waals surface area contributed by atoms with Gasteiger partial charge < -0.3 is 48.7 Å². The van der Waals surface area contributed by atoms with Crippen molar-refractivity contribution in [3.05, 3.63) is 83.4 Å². The maximum absolute atomic E-state index is 14.6. The Morgan fingerprint density at radius 2 is 0.861 bits per heavy atom. The Labute approximate surface area is 478 Å². The molecule has 1 amide bonds. The minimum absolute atomic E-state index is 0.0778. The first-order valence-electron chi connectivity index (χ1n) is 31.7. The maximum Gasteiger partial charge on any atom is 0.338 e. The van der Waals surface area contributed by atoms with Gasteiger partial charge in [0.25, 0.3) is 5.91 Å². The Kier molecular flexibility index (Phi) is 36.9. The first-order valence-corrected chi connectivity index (χ1v) is 31.7. The van der Waals surface area contributed by atoms with Gasteiger partial charge in [0.1, 0.15) is 18.2 Å². The predicted octanol–water partition coefficient (Wildman–Crippen LogP) is 16.4. The van der Waals surface area contributed by atoms with Crippen molar-refractivity contribution in [1.82, 2.24) is 5.32 Å². The quantitative estimate of drug-likeness (QED) is 0.0366. The second-order valence-electron chi connectivity index (χ2n) is 22.0. The molecule has 1 heterocycles. The van der Waals surface area contributed by atoms with Gasteiger partial charge in [-0.1, -0.05) is 238 Å². The van der Waals surface area contributed by atoms with Gasteiger partial charge >= 0.3 is 5.97 Å². The average Bonchev–Trinajstić information content (AvgIpc) is 3.47. The molecule has 5 atom stereocenters. The van der Waals surface area contributed by atoms with Crippen LogP contribution < -0.4 is 24.3 Å². The average molecular weight is 1100 g/mol. The van der Waals surface area contributed by atoms with Crippen molar-refractivity contribution in [1.29, 1.82) is 0 Å². The van der Waals surface area contributed by atoms with E-state index in [0.717, 1.165) is 69.8 Å². The molecule has 0 saturated carbocycles. The van der Waals surface area contributed by atoms with E-state index in [1.807, 2.05) is 30.3 Å². The lowest BCUT2D eigenvalue weighted by molar-refractivity contribution is -0.272. The highest BCUT2D eigenvalue weighted by atomic mass is 16.7. The van der Waals surface area contributed by atoms with Gasteiger partial charge in [-0.2, -0.15) is 0 Å². The summed E-state index contributed by atoms with van der Waals surface area (Å²) >= 11 is 0. The molecule has 4 rings (SSSR count). The van der Waals surface area contributed by atoms with Crippen LogP contribution in [-0.4, -0.2) is 85.8 Å². The number of hydrogen-bond donors (Lipinski definition) is 3. The fourth-order valence-electron chi connectivity index (χ4n) is 10.1. The molecule has 1 aliphatic heterocycles. The van der Waals surface area contributed by atoms with Gasteiger partial charge in [-0.05, 0) is 67.6 Å². The van der Waals surface area contributed by atoms with Crippen molar-refractivity contribution < 1.29 is 53.0 Å². The van der Waals surface area contributed by atoms with Gasteiger partial charge in [0.05, 0.1) is 45.2 Å². The molecule has 12 nitrogen and oxygen atoms in total. The van der Waals surface area contributed by atoms with Crippen LogP contribution in [0, 0.1) is 0 Å². The van der Waals surface area contributed by atoms with E-state index in [9.17, 15) is 19.8 Å². The number of hydrogen-bond acceptors (Lipinski definition) is 11. The molecule has 3 aromatic rings. The Balaban J connectivity index is 1.55. The number of nitrogens with one attached hydrogen (secondary N) is 1. The summed E-state index contributed by atoms with van der Waals surface area (Å²) in [6.45, 7) is 10.4. The maximum atomic E-state index is 14.6. The molecule has 0 unspecified atom stereocenters. The summed E-state index contributed by atoms with van der Waals surface area (Å²) in [4.78, 5) is 29.0. The van der Waals surface area contributed by atoms with Crippen LogP contribution in [0.25, 0.3) is 0 Å². The lowest BCUT2D eigenvalue weighted by Crippen LogP contribution is -2.65. The second-order valence-corrected chi connectivity index (χ2v) is 22.0. The zero-order chi connectivity index (χ0) is 56.4. The lowest BCUT2D eigenvalue weighted by atomic mass is 9.96. The molecule has 1 saturated heterocycles. The summed E-state index contributed by atoms with van der Waals surface area (Å²) in [5, 5.41) is 25.4. The van der Waals surface area contributed by atoms with Crippen molar-refractivity contribution in [2.45, 2.75) is 270 Å². The molecule has 3 N–H and O–H groups in total. The highest BCUT2D eigenvalue weighted by molar-refractivity contribution is 5.95. The predicted molar refractivity (Wildman–Crippen MR) is 319 cm³/mol. The zero-order valence-corrected chi connectivity index (χ0v) is 49.7. The van der Waals surface area contributed by atoms with Gasteiger partial charge in [0.2, 0.25) is 0 Å². The Hall–Kier alpha value is -4.36. The first kappa shape index (κ1) is 67.1.